The number of nitrogens with one attached hydrogen (secondary N) is 2. The van der Waals surface area contributed by atoms with E-state index in [-0.39, 0.29) is 23.6 Å². The highest BCUT2D eigenvalue weighted by Crippen LogP contribution is 2.29. The molecule has 1 fully saturated rings. The van der Waals surface area contributed by atoms with Gasteiger partial charge in [-0.2, -0.15) is 0 Å². The van der Waals surface area contributed by atoms with E-state index in [0.717, 1.165) is 6.26 Å². The molecule has 5 nitrogen and oxygen atoms in total. The lowest BCUT2D eigenvalue weighted by atomic mass is 9.95. The Labute approximate surface area is 128 Å². The molecule has 0 saturated carbocycles. The molecule has 1 heterocycles. The van der Waals surface area contributed by atoms with Gasteiger partial charge in [0.05, 0.1) is 24.0 Å². The minimum Gasteiger partial charge on any atom is -0.372 e. The first-order chi connectivity index (χ1) is 9.87. The summed E-state index contributed by atoms with van der Waals surface area (Å²) in [5.41, 5.74) is 0.654. The first-order valence-electron chi connectivity index (χ1n) is 6.59. The van der Waals surface area contributed by atoms with Gasteiger partial charge in [-0.3, -0.25) is 0 Å². The predicted octanol–water partition coefficient (Wildman–Crippen LogP) is 1.31. The number of sulfonamides is 1. The van der Waals surface area contributed by atoms with E-state index in [2.05, 4.69) is 10.0 Å². The zero-order chi connectivity index (χ0) is 15.5. The van der Waals surface area contributed by atoms with E-state index in [1.54, 1.807) is 6.07 Å². The summed E-state index contributed by atoms with van der Waals surface area (Å²) in [6, 6.07) is 4.52. The van der Waals surface area contributed by atoms with Crippen molar-refractivity contribution in [3.05, 3.63) is 34.6 Å². The molecule has 0 unspecified atom stereocenters. The molecule has 1 aliphatic heterocycles. The van der Waals surface area contributed by atoms with Crippen LogP contribution in [-0.2, 0) is 14.8 Å². The molecule has 0 radical (unpaired) electrons. The maximum Gasteiger partial charge on any atom is 0.208 e. The van der Waals surface area contributed by atoms with Gasteiger partial charge in [-0.25, -0.2) is 17.5 Å². The molecule has 0 aromatic heterocycles. The SMILES string of the molecule is CS(=O)(=O)NC[C@@H]1CNCCO[C@H]1c1ccc(Cl)c(F)c1. The Morgan fingerprint density at radius 3 is 2.95 bits per heavy atom. The summed E-state index contributed by atoms with van der Waals surface area (Å²) in [6.45, 7) is 1.95. The van der Waals surface area contributed by atoms with Gasteiger partial charge in [0.2, 0.25) is 10.0 Å². The Morgan fingerprint density at radius 1 is 1.52 bits per heavy atom. The largest absolute Gasteiger partial charge is 0.372 e. The summed E-state index contributed by atoms with van der Waals surface area (Å²) in [6.07, 6.45) is 0.718. The quantitative estimate of drug-likeness (QED) is 0.870. The Balaban J connectivity index is 2.20. The lowest BCUT2D eigenvalue weighted by Gasteiger charge is -2.25. The Kier molecular flexibility index (Phi) is 5.56. The smallest absolute Gasteiger partial charge is 0.208 e. The van der Waals surface area contributed by atoms with Gasteiger partial charge < -0.3 is 10.1 Å². The predicted molar refractivity (Wildman–Crippen MR) is 79.3 cm³/mol. The van der Waals surface area contributed by atoms with Crippen LogP contribution in [0.15, 0.2) is 18.2 Å². The summed E-state index contributed by atoms with van der Waals surface area (Å²) in [5, 5.41) is 3.23. The molecule has 2 rings (SSSR count). The van der Waals surface area contributed by atoms with Gasteiger partial charge in [0.25, 0.3) is 0 Å². The van der Waals surface area contributed by atoms with Crippen LogP contribution in [0, 0.1) is 11.7 Å². The number of hydrogen-bond donors (Lipinski definition) is 2. The third kappa shape index (κ3) is 4.89. The van der Waals surface area contributed by atoms with Crippen molar-refractivity contribution in [2.75, 3.05) is 32.5 Å². The van der Waals surface area contributed by atoms with Crippen molar-refractivity contribution >= 4 is 21.6 Å². The number of rotatable bonds is 4. The third-order valence-electron chi connectivity index (χ3n) is 3.29. The number of hydrogen-bond acceptors (Lipinski definition) is 4. The molecule has 0 bridgehead atoms. The molecule has 0 aliphatic carbocycles. The first-order valence-corrected chi connectivity index (χ1v) is 8.85. The van der Waals surface area contributed by atoms with E-state index < -0.39 is 15.8 Å². The van der Waals surface area contributed by atoms with E-state index in [4.69, 9.17) is 16.3 Å². The van der Waals surface area contributed by atoms with Crippen molar-refractivity contribution in [1.82, 2.24) is 10.0 Å². The van der Waals surface area contributed by atoms with Gasteiger partial charge in [0, 0.05) is 25.6 Å². The highest BCUT2D eigenvalue weighted by Gasteiger charge is 2.27. The fourth-order valence-electron chi connectivity index (χ4n) is 2.28. The Bertz CT molecular complexity index is 597. The zero-order valence-corrected chi connectivity index (χ0v) is 13.2. The van der Waals surface area contributed by atoms with Crippen LogP contribution in [0.5, 0.6) is 0 Å². The average Bonchev–Trinajstić information content (AvgIpc) is 2.64. The van der Waals surface area contributed by atoms with E-state index in [0.29, 0.717) is 25.3 Å². The molecular formula is C13H18ClFN2O3S. The topological polar surface area (TPSA) is 67.4 Å². The normalized spacial score (nSPS) is 23.8. The highest BCUT2D eigenvalue weighted by atomic mass is 35.5. The molecule has 0 amide bonds. The van der Waals surface area contributed by atoms with Crippen LogP contribution in [0.2, 0.25) is 5.02 Å². The second kappa shape index (κ2) is 7.02. The van der Waals surface area contributed by atoms with Crippen molar-refractivity contribution in [3.63, 3.8) is 0 Å². The minimum atomic E-state index is -3.28. The van der Waals surface area contributed by atoms with E-state index in [1.165, 1.54) is 12.1 Å². The monoisotopic (exact) mass is 336 g/mol. The van der Waals surface area contributed by atoms with Gasteiger partial charge >= 0.3 is 0 Å². The zero-order valence-electron chi connectivity index (χ0n) is 11.6. The average molecular weight is 337 g/mol. The number of ether oxygens (including phenoxy) is 1. The lowest BCUT2D eigenvalue weighted by molar-refractivity contribution is 0.0320. The van der Waals surface area contributed by atoms with Crippen LogP contribution in [0.25, 0.3) is 0 Å². The summed E-state index contributed by atoms with van der Waals surface area (Å²) in [7, 11) is -3.28. The van der Waals surface area contributed by atoms with Gasteiger partial charge in [-0.15, -0.1) is 0 Å². The maximum absolute atomic E-state index is 13.6. The second-order valence-corrected chi connectivity index (χ2v) is 7.29. The summed E-state index contributed by atoms with van der Waals surface area (Å²) < 4.78 is 44.4. The minimum absolute atomic E-state index is 0.0521. The van der Waals surface area contributed by atoms with Crippen molar-refractivity contribution in [2.24, 2.45) is 5.92 Å². The molecule has 1 saturated heterocycles. The molecule has 1 aromatic carbocycles. The third-order valence-corrected chi connectivity index (χ3v) is 4.29. The number of benzene rings is 1. The molecule has 21 heavy (non-hydrogen) atoms. The van der Waals surface area contributed by atoms with Gasteiger partial charge in [0.15, 0.2) is 0 Å². The first kappa shape index (κ1) is 16.6. The van der Waals surface area contributed by atoms with Crippen molar-refractivity contribution in [1.29, 1.82) is 0 Å². The van der Waals surface area contributed by atoms with Crippen molar-refractivity contribution in [3.8, 4) is 0 Å². The van der Waals surface area contributed by atoms with Crippen LogP contribution in [0.1, 0.15) is 11.7 Å². The molecule has 2 N–H and O–H groups in total. The Hall–Kier alpha value is -0.730. The fourth-order valence-corrected chi connectivity index (χ4v) is 2.92. The molecule has 8 heteroatoms. The summed E-state index contributed by atoms with van der Waals surface area (Å²) in [5.74, 6) is -0.646. The lowest BCUT2D eigenvalue weighted by Crippen LogP contribution is -2.36. The van der Waals surface area contributed by atoms with E-state index >= 15 is 0 Å². The van der Waals surface area contributed by atoms with Gasteiger partial charge in [-0.1, -0.05) is 17.7 Å². The molecule has 1 aliphatic rings. The highest BCUT2D eigenvalue weighted by molar-refractivity contribution is 7.88. The van der Waals surface area contributed by atoms with Crippen molar-refractivity contribution in [2.45, 2.75) is 6.10 Å². The molecule has 0 spiro atoms. The van der Waals surface area contributed by atoms with Crippen LogP contribution < -0.4 is 10.0 Å². The molecule has 1 aromatic rings. The van der Waals surface area contributed by atoms with Crippen LogP contribution in [0.3, 0.4) is 0 Å². The summed E-state index contributed by atoms with van der Waals surface area (Å²) in [4.78, 5) is 0. The Morgan fingerprint density at radius 2 is 2.29 bits per heavy atom. The second-order valence-electron chi connectivity index (χ2n) is 5.05. The molecule has 2 atom stereocenters. The van der Waals surface area contributed by atoms with Gasteiger partial charge in [-0.05, 0) is 17.7 Å². The molecule has 118 valence electrons. The van der Waals surface area contributed by atoms with E-state index in [1.807, 2.05) is 0 Å². The number of halogens is 2. The van der Waals surface area contributed by atoms with E-state index in [9.17, 15) is 12.8 Å². The molecular weight excluding hydrogens is 319 g/mol. The summed E-state index contributed by atoms with van der Waals surface area (Å²) >= 11 is 5.69. The van der Waals surface area contributed by atoms with Crippen LogP contribution >= 0.6 is 11.6 Å². The van der Waals surface area contributed by atoms with Gasteiger partial charge in [0.1, 0.15) is 5.82 Å². The van der Waals surface area contributed by atoms with Crippen molar-refractivity contribution < 1.29 is 17.5 Å². The maximum atomic E-state index is 13.6. The standard InChI is InChI=1S/C13H18ClFN2O3S/c1-21(18,19)17-8-10-7-16-4-5-20-13(10)9-2-3-11(14)12(15)6-9/h2-3,6,10,13,16-17H,4-5,7-8H2,1H3/t10-,13-/m0/s1. The van der Waals surface area contributed by atoms with Crippen LogP contribution in [-0.4, -0.2) is 40.9 Å². The van der Waals surface area contributed by atoms with Crippen LogP contribution in [0.4, 0.5) is 4.39 Å². The fraction of sp³-hybridized carbons (Fsp3) is 0.538.